The number of carbonyl (C=O) groups is 1. The van der Waals surface area contributed by atoms with Crippen LogP contribution in [0.4, 0.5) is 4.79 Å². The average Bonchev–Trinajstić information content (AvgIpc) is 2.81. The molecule has 2 atom stereocenters. The number of aliphatic hydroxyl groups excluding tert-OH is 1. The number of aliphatic hydroxyl groups is 1. The molecule has 2 unspecified atom stereocenters. The van der Waals surface area contributed by atoms with Crippen molar-refractivity contribution in [2.45, 2.75) is 65.2 Å². The molecule has 0 spiro atoms. The van der Waals surface area contributed by atoms with Crippen LogP contribution in [-0.4, -0.2) is 33.0 Å². The summed E-state index contributed by atoms with van der Waals surface area (Å²) in [5, 5.41) is 20.3. The summed E-state index contributed by atoms with van der Waals surface area (Å²) >= 11 is 0. The molecule has 0 saturated heterocycles. The molecule has 2 N–H and O–H groups in total. The summed E-state index contributed by atoms with van der Waals surface area (Å²) in [6.07, 6.45) is -0.542. The van der Waals surface area contributed by atoms with E-state index in [1.165, 1.54) is 0 Å². The molecule has 0 radical (unpaired) electrons. The van der Waals surface area contributed by atoms with Crippen LogP contribution in [0.2, 0.25) is 0 Å². The van der Waals surface area contributed by atoms with E-state index >= 15 is 0 Å². The molecule has 1 amide bonds. The highest BCUT2D eigenvalue weighted by Crippen LogP contribution is 2.18. The predicted octanol–water partition coefficient (Wildman–Crippen LogP) is 1.97. The zero-order chi connectivity index (χ0) is 15.3. The molecule has 114 valence electrons. The monoisotopic (exact) mass is 285 g/mol. The van der Waals surface area contributed by atoms with Crippen LogP contribution in [-0.2, 0) is 11.2 Å². The number of aryl methyl sites for hydroxylation is 1. The Kier molecular flexibility index (Phi) is 5.50. The van der Waals surface area contributed by atoms with Crippen molar-refractivity contribution in [3.8, 4) is 0 Å². The third kappa shape index (κ3) is 4.80. The van der Waals surface area contributed by atoms with E-state index in [4.69, 9.17) is 9.15 Å². The minimum atomic E-state index is -1.06. The number of nitrogens with zero attached hydrogens (tertiary/aromatic N) is 2. The van der Waals surface area contributed by atoms with Gasteiger partial charge in [0.15, 0.2) is 6.10 Å². The number of hydrogen-bond acceptors (Lipinski definition) is 6. The number of carbonyl (C=O) groups excluding carboxylic acids is 1. The Morgan fingerprint density at radius 3 is 2.50 bits per heavy atom. The lowest BCUT2D eigenvalue weighted by molar-refractivity contribution is 0.0383. The van der Waals surface area contributed by atoms with Crippen molar-refractivity contribution < 1.29 is 19.1 Å². The van der Waals surface area contributed by atoms with Crippen molar-refractivity contribution in [3.63, 3.8) is 0 Å². The van der Waals surface area contributed by atoms with Crippen LogP contribution in [0, 0.1) is 0 Å². The van der Waals surface area contributed by atoms with Crippen LogP contribution in [0.25, 0.3) is 0 Å². The van der Waals surface area contributed by atoms with Crippen LogP contribution in [0.3, 0.4) is 0 Å². The molecule has 0 fully saturated rings. The highest BCUT2D eigenvalue weighted by atomic mass is 16.6. The highest BCUT2D eigenvalue weighted by molar-refractivity contribution is 5.68. The lowest BCUT2D eigenvalue weighted by Gasteiger charge is -2.24. The molecule has 1 aromatic heterocycles. The SMILES string of the molecule is CCc1nnc(C(O)C(CC)NC(=O)OC(C)(C)C)o1. The van der Waals surface area contributed by atoms with E-state index in [0.29, 0.717) is 18.7 Å². The highest BCUT2D eigenvalue weighted by Gasteiger charge is 2.27. The second-order valence-electron chi connectivity index (χ2n) is 5.49. The Balaban J connectivity index is 2.67. The first-order valence-corrected chi connectivity index (χ1v) is 6.76. The maximum Gasteiger partial charge on any atom is 0.407 e. The fourth-order valence-corrected chi connectivity index (χ4v) is 1.56. The van der Waals surface area contributed by atoms with Crippen LogP contribution in [0.1, 0.15) is 58.9 Å². The van der Waals surface area contributed by atoms with Gasteiger partial charge in [-0.3, -0.25) is 0 Å². The van der Waals surface area contributed by atoms with Crippen molar-refractivity contribution in [1.29, 1.82) is 0 Å². The number of alkyl carbamates (subject to hydrolysis) is 1. The molecule has 0 aliphatic carbocycles. The van der Waals surface area contributed by atoms with Gasteiger partial charge in [-0.1, -0.05) is 13.8 Å². The Hall–Kier alpha value is -1.63. The minimum Gasteiger partial charge on any atom is -0.444 e. The molecule has 0 bridgehead atoms. The standard InChI is InChI=1S/C13H23N3O4/c1-6-8(14-12(18)20-13(3,4)5)10(17)11-16-15-9(7-2)19-11/h8,10,17H,6-7H2,1-5H3,(H,14,18). The minimum absolute atomic E-state index is 0.102. The third-order valence-corrected chi connectivity index (χ3v) is 2.56. The van der Waals surface area contributed by atoms with Gasteiger partial charge in [-0.15, -0.1) is 10.2 Å². The average molecular weight is 285 g/mol. The van der Waals surface area contributed by atoms with Gasteiger partial charge in [0.2, 0.25) is 11.8 Å². The van der Waals surface area contributed by atoms with Crippen LogP contribution >= 0.6 is 0 Å². The number of amides is 1. The summed E-state index contributed by atoms with van der Waals surface area (Å²) in [6.45, 7) is 9.03. The molecule has 7 nitrogen and oxygen atoms in total. The fraction of sp³-hybridized carbons (Fsp3) is 0.769. The van der Waals surface area contributed by atoms with E-state index in [2.05, 4.69) is 15.5 Å². The number of aromatic nitrogens is 2. The van der Waals surface area contributed by atoms with Gasteiger partial charge >= 0.3 is 6.09 Å². The van der Waals surface area contributed by atoms with E-state index in [1.54, 1.807) is 20.8 Å². The van der Waals surface area contributed by atoms with Crippen molar-refractivity contribution in [3.05, 3.63) is 11.8 Å². The molecule has 0 aliphatic rings. The van der Waals surface area contributed by atoms with Gasteiger partial charge in [-0.25, -0.2) is 4.79 Å². The molecule has 0 aliphatic heterocycles. The Labute approximate surface area is 118 Å². The quantitative estimate of drug-likeness (QED) is 0.858. The van der Waals surface area contributed by atoms with Gasteiger partial charge in [0.1, 0.15) is 5.60 Å². The van der Waals surface area contributed by atoms with Crippen molar-refractivity contribution >= 4 is 6.09 Å². The van der Waals surface area contributed by atoms with E-state index < -0.39 is 23.8 Å². The van der Waals surface area contributed by atoms with Crippen molar-refractivity contribution in [2.75, 3.05) is 0 Å². The fourth-order valence-electron chi connectivity index (χ4n) is 1.56. The number of nitrogens with one attached hydrogen (secondary N) is 1. The van der Waals surface area contributed by atoms with Crippen molar-refractivity contribution in [1.82, 2.24) is 15.5 Å². The maximum absolute atomic E-state index is 11.7. The summed E-state index contributed by atoms with van der Waals surface area (Å²) in [5.41, 5.74) is -0.590. The van der Waals surface area contributed by atoms with E-state index in [0.717, 1.165) is 0 Å². The van der Waals surface area contributed by atoms with Crippen LogP contribution in [0.15, 0.2) is 4.42 Å². The Morgan fingerprint density at radius 2 is 2.05 bits per heavy atom. The Morgan fingerprint density at radius 1 is 1.40 bits per heavy atom. The van der Waals surface area contributed by atoms with Gasteiger partial charge in [0, 0.05) is 6.42 Å². The smallest absolute Gasteiger partial charge is 0.407 e. The first kappa shape index (κ1) is 16.4. The van der Waals surface area contributed by atoms with Crippen molar-refractivity contribution in [2.24, 2.45) is 0 Å². The number of rotatable bonds is 5. The lowest BCUT2D eigenvalue weighted by atomic mass is 10.1. The third-order valence-electron chi connectivity index (χ3n) is 2.56. The van der Waals surface area contributed by atoms with E-state index in [9.17, 15) is 9.90 Å². The maximum atomic E-state index is 11.7. The molecule has 0 aromatic carbocycles. The summed E-state index contributed by atoms with van der Waals surface area (Å²) in [7, 11) is 0. The molecular formula is C13H23N3O4. The molecule has 0 saturated carbocycles. The van der Waals surface area contributed by atoms with E-state index in [-0.39, 0.29) is 5.89 Å². The first-order chi connectivity index (χ1) is 9.26. The second-order valence-corrected chi connectivity index (χ2v) is 5.49. The zero-order valence-corrected chi connectivity index (χ0v) is 12.6. The second kappa shape index (κ2) is 6.69. The van der Waals surface area contributed by atoms with E-state index in [1.807, 2.05) is 13.8 Å². The number of ether oxygens (including phenoxy) is 1. The molecule has 20 heavy (non-hydrogen) atoms. The van der Waals surface area contributed by atoms with Gasteiger partial charge in [0.05, 0.1) is 6.04 Å². The van der Waals surface area contributed by atoms with Gasteiger partial charge in [-0.05, 0) is 27.2 Å². The van der Waals surface area contributed by atoms with Gasteiger partial charge in [-0.2, -0.15) is 0 Å². The topological polar surface area (TPSA) is 97.5 Å². The largest absolute Gasteiger partial charge is 0.444 e. The zero-order valence-electron chi connectivity index (χ0n) is 12.6. The summed E-state index contributed by atoms with van der Waals surface area (Å²) in [5.74, 6) is 0.552. The summed E-state index contributed by atoms with van der Waals surface area (Å²) in [4.78, 5) is 11.7. The molecule has 7 heteroatoms. The number of hydrogen-bond donors (Lipinski definition) is 2. The predicted molar refractivity (Wildman–Crippen MR) is 72.1 cm³/mol. The molecular weight excluding hydrogens is 262 g/mol. The Bertz CT molecular complexity index is 439. The molecule has 1 rings (SSSR count). The first-order valence-electron chi connectivity index (χ1n) is 6.76. The lowest BCUT2D eigenvalue weighted by Crippen LogP contribution is -2.42. The van der Waals surface area contributed by atoms with Gasteiger partial charge in [0.25, 0.3) is 0 Å². The normalized spacial score (nSPS) is 14.7. The molecule has 1 heterocycles. The van der Waals surface area contributed by atoms with Gasteiger partial charge < -0.3 is 19.6 Å². The van der Waals surface area contributed by atoms with Crippen LogP contribution < -0.4 is 5.32 Å². The summed E-state index contributed by atoms with van der Waals surface area (Å²) in [6, 6.07) is -0.546. The van der Waals surface area contributed by atoms with Crippen LogP contribution in [0.5, 0.6) is 0 Å². The summed E-state index contributed by atoms with van der Waals surface area (Å²) < 4.78 is 10.5. The molecule has 1 aromatic rings.